The molecule has 0 saturated heterocycles. The Morgan fingerprint density at radius 3 is 2.84 bits per heavy atom. The van der Waals surface area contributed by atoms with Gasteiger partial charge < -0.3 is 10.6 Å². The minimum atomic E-state index is 0.819. The van der Waals surface area contributed by atoms with Crippen LogP contribution in [0.3, 0.4) is 0 Å². The van der Waals surface area contributed by atoms with Crippen LogP contribution >= 0.6 is 0 Å². The van der Waals surface area contributed by atoms with Crippen LogP contribution < -0.4 is 10.6 Å². The molecule has 2 aromatic rings. The molecular weight excluding hydrogens is 236 g/mol. The summed E-state index contributed by atoms with van der Waals surface area (Å²) in [6.45, 7) is 5.76. The van der Waals surface area contributed by atoms with Crippen LogP contribution in [0.25, 0.3) is 0 Å². The lowest BCUT2D eigenvalue weighted by Crippen LogP contribution is -2.31. The number of anilines is 2. The van der Waals surface area contributed by atoms with Crippen LogP contribution in [0.2, 0.25) is 0 Å². The Hall–Kier alpha value is -2.10. The van der Waals surface area contributed by atoms with E-state index in [2.05, 4.69) is 20.9 Å². The van der Waals surface area contributed by atoms with E-state index in [0.29, 0.717) is 0 Å². The summed E-state index contributed by atoms with van der Waals surface area (Å²) in [6.07, 6.45) is 2.86. The lowest BCUT2D eigenvalue weighted by Gasteiger charge is -2.30. The topological polar surface area (TPSA) is 55.0 Å². The van der Waals surface area contributed by atoms with Gasteiger partial charge in [-0.1, -0.05) is 12.1 Å². The highest BCUT2D eigenvalue weighted by atomic mass is 15.2. The smallest absolute Gasteiger partial charge is 0.147 e. The van der Waals surface area contributed by atoms with Crippen molar-refractivity contribution in [2.75, 3.05) is 17.2 Å². The summed E-state index contributed by atoms with van der Waals surface area (Å²) in [5, 5.41) is 0. The van der Waals surface area contributed by atoms with Crippen LogP contribution in [-0.2, 0) is 13.0 Å². The van der Waals surface area contributed by atoms with E-state index in [1.54, 1.807) is 0 Å². The number of nitrogens with two attached hydrogens (primary N) is 1. The number of fused-ring (bicyclic) bond motifs is 1. The molecule has 0 aliphatic carbocycles. The average Bonchev–Trinajstić information content (AvgIpc) is 2.42. The monoisotopic (exact) mass is 254 g/mol. The van der Waals surface area contributed by atoms with Crippen LogP contribution in [0.15, 0.2) is 24.4 Å². The predicted octanol–water partition coefficient (Wildman–Crippen LogP) is 2.24. The molecule has 1 aliphatic heterocycles. The molecule has 1 aliphatic rings. The van der Waals surface area contributed by atoms with E-state index in [1.165, 1.54) is 11.1 Å². The molecule has 0 saturated carbocycles. The second-order valence-electron chi connectivity index (χ2n) is 5.06. The summed E-state index contributed by atoms with van der Waals surface area (Å²) in [5.41, 5.74) is 11.5. The lowest BCUT2D eigenvalue weighted by atomic mass is 9.98. The minimum Gasteiger partial charge on any atom is -0.398 e. The Kier molecular flexibility index (Phi) is 2.85. The summed E-state index contributed by atoms with van der Waals surface area (Å²) in [7, 11) is 0. The van der Waals surface area contributed by atoms with E-state index in [0.717, 1.165) is 42.4 Å². The van der Waals surface area contributed by atoms with Crippen molar-refractivity contribution in [1.29, 1.82) is 0 Å². The number of aryl methyl sites for hydroxylation is 2. The van der Waals surface area contributed by atoms with Crippen molar-refractivity contribution in [2.24, 2.45) is 0 Å². The Labute approximate surface area is 113 Å². The SMILES string of the molecule is Cc1ncc(N2CCc3cccc(N)c3C2)nc1C. The molecule has 19 heavy (non-hydrogen) atoms. The summed E-state index contributed by atoms with van der Waals surface area (Å²) >= 11 is 0. The normalized spacial score (nSPS) is 14.3. The molecule has 3 rings (SSSR count). The molecule has 0 radical (unpaired) electrons. The molecule has 2 N–H and O–H groups in total. The quantitative estimate of drug-likeness (QED) is 0.793. The zero-order valence-electron chi connectivity index (χ0n) is 11.3. The van der Waals surface area contributed by atoms with Crippen LogP contribution in [0, 0.1) is 13.8 Å². The summed E-state index contributed by atoms with van der Waals surface area (Å²) in [4.78, 5) is 11.3. The van der Waals surface area contributed by atoms with Gasteiger partial charge in [-0.25, -0.2) is 4.98 Å². The van der Waals surface area contributed by atoms with Gasteiger partial charge in [-0.3, -0.25) is 4.98 Å². The molecule has 0 atom stereocenters. The molecule has 0 fully saturated rings. The Morgan fingerprint density at radius 1 is 1.21 bits per heavy atom. The number of nitrogen functional groups attached to an aromatic ring is 1. The van der Waals surface area contributed by atoms with Crippen molar-refractivity contribution in [3.05, 3.63) is 46.9 Å². The second kappa shape index (κ2) is 4.53. The van der Waals surface area contributed by atoms with Gasteiger partial charge in [0.05, 0.1) is 17.6 Å². The van der Waals surface area contributed by atoms with Gasteiger partial charge in [0.25, 0.3) is 0 Å². The number of hydrogen-bond donors (Lipinski definition) is 1. The molecule has 0 amide bonds. The van der Waals surface area contributed by atoms with Gasteiger partial charge in [-0.2, -0.15) is 0 Å². The van der Waals surface area contributed by atoms with E-state index >= 15 is 0 Å². The number of hydrogen-bond acceptors (Lipinski definition) is 4. The van der Waals surface area contributed by atoms with Gasteiger partial charge >= 0.3 is 0 Å². The van der Waals surface area contributed by atoms with Gasteiger partial charge in [0, 0.05) is 18.8 Å². The molecular formula is C15H18N4. The summed E-state index contributed by atoms with van der Waals surface area (Å²) in [6, 6.07) is 6.16. The Bertz CT molecular complexity index is 622. The summed E-state index contributed by atoms with van der Waals surface area (Å²) < 4.78 is 0. The first-order valence-electron chi connectivity index (χ1n) is 6.56. The fraction of sp³-hybridized carbons (Fsp3) is 0.333. The molecule has 98 valence electrons. The highest BCUT2D eigenvalue weighted by Gasteiger charge is 2.19. The van der Waals surface area contributed by atoms with Crippen LogP contribution in [-0.4, -0.2) is 16.5 Å². The largest absolute Gasteiger partial charge is 0.398 e. The van der Waals surface area contributed by atoms with E-state index in [9.17, 15) is 0 Å². The first-order chi connectivity index (χ1) is 9.15. The van der Waals surface area contributed by atoms with Crippen LogP contribution in [0.5, 0.6) is 0 Å². The van der Waals surface area contributed by atoms with E-state index in [4.69, 9.17) is 5.73 Å². The first kappa shape index (κ1) is 12.0. The average molecular weight is 254 g/mol. The number of benzene rings is 1. The number of nitrogens with zero attached hydrogens (tertiary/aromatic N) is 3. The van der Waals surface area contributed by atoms with E-state index < -0.39 is 0 Å². The zero-order chi connectivity index (χ0) is 13.4. The van der Waals surface area contributed by atoms with Crippen molar-refractivity contribution in [3.8, 4) is 0 Å². The molecule has 0 bridgehead atoms. The number of aromatic nitrogens is 2. The molecule has 2 heterocycles. The predicted molar refractivity (Wildman–Crippen MR) is 77.1 cm³/mol. The van der Waals surface area contributed by atoms with Crippen molar-refractivity contribution in [2.45, 2.75) is 26.8 Å². The third-order valence-electron chi connectivity index (χ3n) is 3.81. The van der Waals surface area contributed by atoms with E-state index in [-0.39, 0.29) is 0 Å². The fourth-order valence-electron chi connectivity index (χ4n) is 2.48. The second-order valence-corrected chi connectivity index (χ2v) is 5.06. The lowest BCUT2D eigenvalue weighted by molar-refractivity contribution is 0.717. The maximum absolute atomic E-state index is 6.07. The van der Waals surface area contributed by atoms with Crippen molar-refractivity contribution in [3.63, 3.8) is 0 Å². The van der Waals surface area contributed by atoms with E-state index in [1.807, 2.05) is 32.2 Å². The molecule has 0 unspecified atom stereocenters. The highest BCUT2D eigenvalue weighted by Crippen LogP contribution is 2.26. The summed E-state index contributed by atoms with van der Waals surface area (Å²) in [5.74, 6) is 0.942. The van der Waals surface area contributed by atoms with Gasteiger partial charge in [-0.05, 0) is 37.5 Å². The van der Waals surface area contributed by atoms with Gasteiger partial charge in [0.15, 0.2) is 0 Å². The molecule has 0 spiro atoms. The fourth-order valence-corrected chi connectivity index (χ4v) is 2.48. The molecule has 1 aromatic heterocycles. The molecule has 4 heteroatoms. The highest BCUT2D eigenvalue weighted by molar-refractivity contribution is 5.55. The van der Waals surface area contributed by atoms with Crippen LogP contribution in [0.1, 0.15) is 22.5 Å². The molecule has 4 nitrogen and oxygen atoms in total. The van der Waals surface area contributed by atoms with Crippen molar-refractivity contribution < 1.29 is 0 Å². The minimum absolute atomic E-state index is 0.819. The van der Waals surface area contributed by atoms with Gasteiger partial charge in [0.1, 0.15) is 5.82 Å². The third-order valence-corrected chi connectivity index (χ3v) is 3.81. The van der Waals surface area contributed by atoms with Gasteiger partial charge in [0.2, 0.25) is 0 Å². The molecule has 1 aromatic carbocycles. The third kappa shape index (κ3) is 2.14. The standard InChI is InChI=1S/C15H18N4/c1-10-11(2)18-15(8-17-10)19-7-6-12-4-3-5-14(16)13(12)9-19/h3-5,8H,6-7,9,16H2,1-2H3. The number of rotatable bonds is 1. The maximum atomic E-state index is 6.07. The zero-order valence-corrected chi connectivity index (χ0v) is 11.3. The van der Waals surface area contributed by atoms with Gasteiger partial charge in [-0.15, -0.1) is 0 Å². The maximum Gasteiger partial charge on any atom is 0.147 e. The van der Waals surface area contributed by atoms with Crippen molar-refractivity contribution >= 4 is 11.5 Å². The van der Waals surface area contributed by atoms with Crippen LogP contribution in [0.4, 0.5) is 11.5 Å². The first-order valence-corrected chi connectivity index (χ1v) is 6.56. The Balaban J connectivity index is 1.93. The Morgan fingerprint density at radius 2 is 2.05 bits per heavy atom. The van der Waals surface area contributed by atoms with Crippen molar-refractivity contribution in [1.82, 2.24) is 9.97 Å².